The maximum absolute atomic E-state index is 12.0. The van der Waals surface area contributed by atoms with E-state index < -0.39 is 46.9 Å². The molecule has 2 unspecified atom stereocenters. The number of aromatic hydroxyl groups is 2. The van der Waals surface area contributed by atoms with Gasteiger partial charge in [-0.2, -0.15) is 0 Å². The lowest BCUT2D eigenvalue weighted by atomic mass is 9.93. The molecule has 9 heteroatoms. The molecule has 0 radical (unpaired) electrons. The van der Waals surface area contributed by atoms with E-state index in [1.54, 1.807) is 0 Å². The zero-order valence-corrected chi connectivity index (χ0v) is 12.3. The Hall–Kier alpha value is -2.91. The lowest BCUT2D eigenvalue weighted by Crippen LogP contribution is -2.38. The number of hydrogen-bond acceptors (Lipinski definition) is 7. The van der Waals surface area contributed by atoms with Crippen LogP contribution in [-0.4, -0.2) is 61.9 Å². The lowest BCUT2D eigenvalue weighted by molar-refractivity contribution is -0.128. The maximum Gasteiger partial charge on any atom is 0.339 e. The van der Waals surface area contributed by atoms with E-state index in [0.717, 1.165) is 18.2 Å². The number of carbonyl (C=O) groups is 3. The van der Waals surface area contributed by atoms with Crippen LogP contribution in [0.1, 0.15) is 27.1 Å². The molecule has 9 nitrogen and oxygen atoms in total. The molecule has 0 fully saturated rings. The second kappa shape index (κ2) is 6.69. The number of aromatic carboxylic acids is 1. The Labute approximate surface area is 135 Å². The summed E-state index contributed by atoms with van der Waals surface area (Å²) in [5.74, 6) is -4.27. The van der Waals surface area contributed by atoms with E-state index in [2.05, 4.69) is 5.32 Å². The first kappa shape index (κ1) is 17.4. The highest BCUT2D eigenvalue weighted by Crippen LogP contribution is 2.27. The molecule has 1 amide bonds. The predicted molar refractivity (Wildman–Crippen MR) is 78.8 cm³/mol. The van der Waals surface area contributed by atoms with E-state index in [-0.39, 0.29) is 18.5 Å². The van der Waals surface area contributed by atoms with E-state index >= 15 is 0 Å². The van der Waals surface area contributed by atoms with Gasteiger partial charge in [-0.3, -0.25) is 9.59 Å². The highest BCUT2D eigenvalue weighted by molar-refractivity contribution is 6.00. The Morgan fingerprint density at radius 3 is 2.29 bits per heavy atom. The third-order valence-electron chi connectivity index (χ3n) is 3.54. The number of amides is 1. The highest BCUT2D eigenvalue weighted by atomic mass is 16.4. The fourth-order valence-corrected chi connectivity index (χ4v) is 2.26. The van der Waals surface area contributed by atoms with Crippen LogP contribution in [0.2, 0.25) is 0 Å². The molecule has 128 valence electrons. The maximum atomic E-state index is 12.0. The van der Waals surface area contributed by atoms with E-state index in [9.17, 15) is 34.8 Å². The van der Waals surface area contributed by atoms with Gasteiger partial charge in [-0.15, -0.1) is 0 Å². The van der Waals surface area contributed by atoms with Gasteiger partial charge in [0, 0.05) is 6.54 Å². The number of nitrogens with one attached hydrogen (secondary N) is 1. The minimum atomic E-state index is -1.49. The van der Waals surface area contributed by atoms with Gasteiger partial charge in [0.2, 0.25) is 0 Å². The fraction of sp³-hybridized carbons (Fsp3) is 0.267. The molecule has 2 atom stereocenters. The summed E-state index contributed by atoms with van der Waals surface area (Å²) in [6.07, 6.45) is -1.65. The number of carboxylic acid groups (broad SMARTS) is 1. The summed E-state index contributed by atoms with van der Waals surface area (Å²) in [6, 6.07) is 1.56. The van der Waals surface area contributed by atoms with Gasteiger partial charge >= 0.3 is 5.97 Å². The van der Waals surface area contributed by atoms with Gasteiger partial charge < -0.3 is 30.8 Å². The summed E-state index contributed by atoms with van der Waals surface area (Å²) in [4.78, 5) is 34.2. The molecule has 0 heterocycles. The number of aliphatic hydroxyl groups is 2. The van der Waals surface area contributed by atoms with Crippen molar-refractivity contribution in [3.05, 3.63) is 34.9 Å². The molecule has 0 spiro atoms. The Kier molecular flexibility index (Phi) is 4.86. The summed E-state index contributed by atoms with van der Waals surface area (Å²) < 4.78 is 0. The standard InChI is InChI=1S/C15H15NO8/c17-9-4-8(15(23)24)10(18)3-7(9)14(22)16-5-6-1-11(19)13(21)12(20)2-6/h1,3-4,12-13,17-18,20-21H,2,5H2,(H,16,22)(H,23,24). The second-order valence-electron chi connectivity index (χ2n) is 5.30. The van der Waals surface area contributed by atoms with Crippen LogP contribution in [0.15, 0.2) is 23.8 Å². The zero-order chi connectivity index (χ0) is 18.0. The molecule has 1 aliphatic rings. The van der Waals surface area contributed by atoms with E-state index in [4.69, 9.17) is 5.11 Å². The van der Waals surface area contributed by atoms with Crippen LogP contribution in [0.25, 0.3) is 0 Å². The first-order valence-corrected chi connectivity index (χ1v) is 6.87. The molecular weight excluding hydrogens is 322 g/mol. The van der Waals surface area contributed by atoms with E-state index in [1.165, 1.54) is 0 Å². The highest BCUT2D eigenvalue weighted by Gasteiger charge is 2.28. The summed E-state index contributed by atoms with van der Waals surface area (Å²) in [5.41, 5.74) is -0.528. The van der Waals surface area contributed by atoms with Crippen molar-refractivity contribution in [2.24, 2.45) is 0 Å². The van der Waals surface area contributed by atoms with Gasteiger partial charge in [-0.25, -0.2) is 4.79 Å². The largest absolute Gasteiger partial charge is 0.507 e. The van der Waals surface area contributed by atoms with Gasteiger partial charge in [0.25, 0.3) is 5.91 Å². The third kappa shape index (κ3) is 3.53. The van der Waals surface area contributed by atoms with Crippen molar-refractivity contribution in [2.75, 3.05) is 6.54 Å². The van der Waals surface area contributed by atoms with Gasteiger partial charge in [-0.1, -0.05) is 0 Å². The van der Waals surface area contributed by atoms with E-state index in [0.29, 0.717) is 5.57 Å². The first-order chi connectivity index (χ1) is 11.2. The smallest absolute Gasteiger partial charge is 0.339 e. The molecule has 2 rings (SSSR count). The number of benzene rings is 1. The summed E-state index contributed by atoms with van der Waals surface area (Å²) in [5, 5.41) is 49.3. The van der Waals surface area contributed by atoms with Gasteiger partial charge in [0.15, 0.2) is 5.78 Å². The molecule has 0 saturated heterocycles. The summed E-state index contributed by atoms with van der Waals surface area (Å²) in [6.45, 7) is -0.130. The summed E-state index contributed by atoms with van der Waals surface area (Å²) >= 11 is 0. The van der Waals surface area contributed by atoms with Crippen molar-refractivity contribution >= 4 is 17.7 Å². The zero-order valence-electron chi connectivity index (χ0n) is 12.3. The molecule has 24 heavy (non-hydrogen) atoms. The lowest BCUT2D eigenvalue weighted by Gasteiger charge is -2.22. The number of aliphatic hydroxyl groups excluding tert-OH is 2. The molecule has 1 aromatic rings. The third-order valence-corrected chi connectivity index (χ3v) is 3.54. The van der Waals surface area contributed by atoms with Crippen molar-refractivity contribution < 1.29 is 39.9 Å². The molecule has 6 N–H and O–H groups in total. The van der Waals surface area contributed by atoms with Crippen molar-refractivity contribution in [2.45, 2.75) is 18.6 Å². The topological polar surface area (TPSA) is 164 Å². The number of phenols is 2. The second-order valence-corrected chi connectivity index (χ2v) is 5.30. The van der Waals surface area contributed by atoms with Crippen molar-refractivity contribution in [3.8, 4) is 11.5 Å². The van der Waals surface area contributed by atoms with Gasteiger partial charge in [0.05, 0.1) is 11.7 Å². The molecule has 0 aliphatic heterocycles. The predicted octanol–water partition coefficient (Wildman–Crippen LogP) is -0.853. The molecule has 0 aromatic heterocycles. The summed E-state index contributed by atoms with van der Waals surface area (Å²) in [7, 11) is 0. The number of carbonyl (C=O) groups excluding carboxylic acids is 2. The molecule has 0 bridgehead atoms. The number of carboxylic acids is 1. The number of phenolic OH excluding ortho intramolecular Hbond substituents is 1. The van der Waals surface area contributed by atoms with Gasteiger partial charge in [0.1, 0.15) is 23.2 Å². The molecule has 1 aromatic carbocycles. The Morgan fingerprint density at radius 1 is 1.12 bits per heavy atom. The number of rotatable bonds is 4. The van der Waals surface area contributed by atoms with E-state index in [1.807, 2.05) is 0 Å². The van der Waals surface area contributed by atoms with Crippen molar-refractivity contribution in [1.29, 1.82) is 0 Å². The van der Waals surface area contributed by atoms with Crippen LogP contribution >= 0.6 is 0 Å². The van der Waals surface area contributed by atoms with Crippen LogP contribution in [0.4, 0.5) is 0 Å². The van der Waals surface area contributed by atoms with Crippen molar-refractivity contribution in [1.82, 2.24) is 5.32 Å². The molecule has 0 saturated carbocycles. The van der Waals surface area contributed by atoms with Crippen LogP contribution in [-0.2, 0) is 4.79 Å². The molecule has 1 aliphatic carbocycles. The monoisotopic (exact) mass is 337 g/mol. The van der Waals surface area contributed by atoms with Crippen molar-refractivity contribution in [3.63, 3.8) is 0 Å². The number of hydrogen-bond donors (Lipinski definition) is 6. The Balaban J connectivity index is 2.11. The van der Waals surface area contributed by atoms with Crippen LogP contribution in [0.5, 0.6) is 11.5 Å². The quantitative estimate of drug-likeness (QED) is 0.387. The minimum absolute atomic E-state index is 0.0115. The average molecular weight is 337 g/mol. The minimum Gasteiger partial charge on any atom is -0.507 e. The van der Waals surface area contributed by atoms with Crippen LogP contribution < -0.4 is 5.32 Å². The number of ketones is 1. The first-order valence-electron chi connectivity index (χ1n) is 6.87. The van der Waals surface area contributed by atoms with Gasteiger partial charge in [-0.05, 0) is 30.2 Å². The Morgan fingerprint density at radius 2 is 1.71 bits per heavy atom. The molecular formula is C15H15NO8. The fourth-order valence-electron chi connectivity index (χ4n) is 2.26. The normalized spacial score (nSPS) is 20.4. The average Bonchev–Trinajstić information content (AvgIpc) is 2.51. The SMILES string of the molecule is O=C(O)c1cc(O)c(C(=O)NCC2=CC(=O)C(O)C(O)C2)cc1O. The Bertz CT molecular complexity index is 739. The van der Waals surface area contributed by atoms with Crippen LogP contribution in [0, 0.1) is 0 Å². The van der Waals surface area contributed by atoms with Crippen LogP contribution in [0.3, 0.4) is 0 Å².